The Balaban J connectivity index is 2.08. The van der Waals surface area contributed by atoms with Gasteiger partial charge in [-0.25, -0.2) is 0 Å². The van der Waals surface area contributed by atoms with Crippen LogP contribution in [0.15, 0.2) is 30.5 Å². The van der Waals surface area contributed by atoms with Gasteiger partial charge >= 0.3 is 0 Å². The zero-order valence-corrected chi connectivity index (χ0v) is 9.17. The molecule has 0 spiro atoms. The number of nitrogens with two attached hydrogens (primary N) is 1. The number of fused-ring (bicyclic) bond motifs is 1. The van der Waals surface area contributed by atoms with Gasteiger partial charge in [-0.2, -0.15) is 0 Å². The molecule has 2 unspecified atom stereocenters. The van der Waals surface area contributed by atoms with Gasteiger partial charge in [-0.3, -0.25) is 4.40 Å². The van der Waals surface area contributed by atoms with Crippen molar-refractivity contribution in [1.82, 2.24) is 14.6 Å². The fraction of sp³-hybridized carbons (Fsp3) is 0.333. The molecule has 16 heavy (non-hydrogen) atoms. The summed E-state index contributed by atoms with van der Waals surface area (Å²) in [6, 6.07) is 4.26. The van der Waals surface area contributed by atoms with Gasteiger partial charge in [0, 0.05) is 18.2 Å². The Hall–Kier alpha value is -1.68. The predicted octanol–water partition coefficient (Wildman–Crippen LogP) is 1.41. The van der Waals surface area contributed by atoms with Crippen molar-refractivity contribution in [3.8, 4) is 0 Å². The average Bonchev–Trinajstić information content (AvgIpc) is 2.83. The fourth-order valence-corrected chi connectivity index (χ4v) is 2.18. The second kappa shape index (κ2) is 3.42. The Kier molecular flexibility index (Phi) is 2.04. The highest BCUT2D eigenvalue weighted by molar-refractivity contribution is 5.41. The van der Waals surface area contributed by atoms with Gasteiger partial charge in [0.25, 0.3) is 0 Å². The molecule has 0 amide bonds. The van der Waals surface area contributed by atoms with Crippen molar-refractivity contribution in [2.45, 2.75) is 25.3 Å². The standard InChI is InChI=1S/C12H14N4/c1-8-4-5-16-11(6-8)14-15-12(16)9-2-3-10(13)7-9/h2-6,9-10H,7,13H2,1H3. The molecule has 2 atom stereocenters. The lowest BCUT2D eigenvalue weighted by Crippen LogP contribution is -2.15. The molecule has 1 aliphatic rings. The minimum Gasteiger partial charge on any atom is -0.324 e. The van der Waals surface area contributed by atoms with Gasteiger partial charge < -0.3 is 5.73 Å². The molecule has 2 aromatic rings. The molecule has 0 bridgehead atoms. The molecule has 0 aromatic carbocycles. The molecule has 0 aliphatic heterocycles. The lowest BCUT2D eigenvalue weighted by atomic mass is 10.1. The van der Waals surface area contributed by atoms with Gasteiger partial charge in [-0.05, 0) is 31.0 Å². The number of aromatic nitrogens is 3. The third-order valence-corrected chi connectivity index (χ3v) is 3.04. The van der Waals surface area contributed by atoms with E-state index in [0.29, 0.717) is 5.92 Å². The summed E-state index contributed by atoms with van der Waals surface area (Å²) in [6.07, 6.45) is 7.12. The molecule has 2 heterocycles. The number of allylic oxidation sites excluding steroid dienone is 1. The van der Waals surface area contributed by atoms with Gasteiger partial charge in [0.05, 0.1) is 0 Å². The Bertz CT molecular complexity index is 555. The van der Waals surface area contributed by atoms with E-state index in [1.165, 1.54) is 5.56 Å². The van der Waals surface area contributed by atoms with Crippen molar-refractivity contribution in [3.05, 3.63) is 41.9 Å². The Morgan fingerprint density at radius 1 is 1.38 bits per heavy atom. The van der Waals surface area contributed by atoms with Gasteiger partial charge in [0.2, 0.25) is 0 Å². The lowest BCUT2D eigenvalue weighted by molar-refractivity contribution is 0.670. The van der Waals surface area contributed by atoms with Crippen LogP contribution in [0.3, 0.4) is 0 Å². The summed E-state index contributed by atoms with van der Waals surface area (Å²) in [6.45, 7) is 2.06. The maximum atomic E-state index is 5.86. The molecule has 0 fully saturated rings. The third kappa shape index (κ3) is 1.42. The topological polar surface area (TPSA) is 56.2 Å². The van der Waals surface area contributed by atoms with E-state index in [-0.39, 0.29) is 6.04 Å². The molecule has 0 saturated heterocycles. The van der Waals surface area contributed by atoms with Crippen molar-refractivity contribution < 1.29 is 0 Å². The first-order chi connectivity index (χ1) is 7.74. The summed E-state index contributed by atoms with van der Waals surface area (Å²) >= 11 is 0. The van der Waals surface area contributed by atoms with Gasteiger partial charge in [-0.1, -0.05) is 12.2 Å². The number of rotatable bonds is 1. The summed E-state index contributed by atoms with van der Waals surface area (Å²) < 4.78 is 2.04. The first-order valence-corrected chi connectivity index (χ1v) is 5.49. The smallest absolute Gasteiger partial charge is 0.161 e. The second-order valence-corrected chi connectivity index (χ2v) is 4.38. The van der Waals surface area contributed by atoms with E-state index in [1.807, 2.05) is 22.7 Å². The van der Waals surface area contributed by atoms with Crippen LogP contribution in [0.4, 0.5) is 0 Å². The zero-order valence-electron chi connectivity index (χ0n) is 9.17. The van der Waals surface area contributed by atoms with Crippen molar-refractivity contribution in [2.24, 2.45) is 5.73 Å². The normalized spacial score (nSPS) is 24.4. The summed E-state index contributed by atoms with van der Waals surface area (Å²) in [7, 11) is 0. The van der Waals surface area contributed by atoms with E-state index < -0.39 is 0 Å². The SMILES string of the molecule is Cc1ccn2c(C3C=CC(N)C3)nnc2c1. The highest BCUT2D eigenvalue weighted by atomic mass is 15.2. The molecule has 1 aliphatic carbocycles. The van der Waals surface area contributed by atoms with E-state index in [9.17, 15) is 0 Å². The number of pyridine rings is 1. The van der Waals surface area contributed by atoms with Crippen LogP contribution in [0, 0.1) is 6.92 Å². The fourth-order valence-electron chi connectivity index (χ4n) is 2.18. The van der Waals surface area contributed by atoms with Crippen LogP contribution in [-0.4, -0.2) is 20.6 Å². The van der Waals surface area contributed by atoms with Gasteiger partial charge in [0.1, 0.15) is 5.82 Å². The van der Waals surface area contributed by atoms with E-state index in [2.05, 4.69) is 29.3 Å². The Morgan fingerprint density at radius 3 is 3.00 bits per heavy atom. The van der Waals surface area contributed by atoms with Gasteiger partial charge in [-0.15, -0.1) is 10.2 Å². The molecule has 2 N–H and O–H groups in total. The van der Waals surface area contributed by atoms with E-state index in [1.54, 1.807) is 0 Å². The number of aryl methyl sites for hydroxylation is 1. The van der Waals surface area contributed by atoms with Crippen molar-refractivity contribution in [1.29, 1.82) is 0 Å². The molecule has 0 radical (unpaired) electrons. The number of nitrogens with zero attached hydrogens (tertiary/aromatic N) is 3. The molecule has 4 heteroatoms. The molecule has 0 saturated carbocycles. The predicted molar refractivity (Wildman–Crippen MR) is 62.2 cm³/mol. The molecular formula is C12H14N4. The first kappa shape index (κ1) is 9.54. The van der Waals surface area contributed by atoms with E-state index in [4.69, 9.17) is 5.73 Å². The maximum Gasteiger partial charge on any atom is 0.161 e. The summed E-state index contributed by atoms with van der Waals surface area (Å²) in [5, 5.41) is 8.45. The number of hydrogen-bond donors (Lipinski definition) is 1. The lowest BCUT2D eigenvalue weighted by Gasteiger charge is -2.07. The van der Waals surface area contributed by atoms with Crippen LogP contribution in [0.2, 0.25) is 0 Å². The van der Waals surface area contributed by atoms with Crippen LogP contribution in [0.25, 0.3) is 5.65 Å². The highest BCUT2D eigenvalue weighted by Crippen LogP contribution is 2.26. The summed E-state index contributed by atoms with van der Waals surface area (Å²) in [5.74, 6) is 1.28. The van der Waals surface area contributed by atoms with Crippen molar-refractivity contribution >= 4 is 5.65 Å². The molecule has 2 aromatic heterocycles. The van der Waals surface area contributed by atoms with E-state index in [0.717, 1.165) is 17.9 Å². The minimum absolute atomic E-state index is 0.155. The van der Waals surface area contributed by atoms with Crippen LogP contribution in [0.5, 0.6) is 0 Å². The zero-order chi connectivity index (χ0) is 11.1. The molecule has 82 valence electrons. The van der Waals surface area contributed by atoms with Crippen LogP contribution in [-0.2, 0) is 0 Å². The van der Waals surface area contributed by atoms with Crippen LogP contribution in [0.1, 0.15) is 23.7 Å². The summed E-state index contributed by atoms with van der Waals surface area (Å²) in [4.78, 5) is 0. The third-order valence-electron chi connectivity index (χ3n) is 3.04. The van der Waals surface area contributed by atoms with Crippen molar-refractivity contribution in [3.63, 3.8) is 0 Å². The molecule has 4 nitrogen and oxygen atoms in total. The highest BCUT2D eigenvalue weighted by Gasteiger charge is 2.21. The Morgan fingerprint density at radius 2 is 2.25 bits per heavy atom. The molecule has 3 rings (SSSR count). The monoisotopic (exact) mass is 214 g/mol. The van der Waals surface area contributed by atoms with Crippen molar-refractivity contribution in [2.75, 3.05) is 0 Å². The van der Waals surface area contributed by atoms with Gasteiger partial charge in [0.15, 0.2) is 5.65 Å². The first-order valence-electron chi connectivity index (χ1n) is 5.49. The maximum absolute atomic E-state index is 5.86. The quantitative estimate of drug-likeness (QED) is 0.730. The largest absolute Gasteiger partial charge is 0.324 e. The second-order valence-electron chi connectivity index (χ2n) is 4.38. The summed E-state index contributed by atoms with van der Waals surface area (Å²) in [5.41, 5.74) is 7.96. The van der Waals surface area contributed by atoms with Crippen LogP contribution < -0.4 is 5.73 Å². The molecular weight excluding hydrogens is 200 g/mol. The number of hydrogen-bond acceptors (Lipinski definition) is 3. The minimum atomic E-state index is 0.155. The van der Waals surface area contributed by atoms with Crippen LogP contribution >= 0.6 is 0 Å². The Labute approximate surface area is 93.8 Å². The van der Waals surface area contributed by atoms with E-state index >= 15 is 0 Å². The average molecular weight is 214 g/mol.